The second-order valence-corrected chi connectivity index (χ2v) is 11.2. The van der Waals surface area contributed by atoms with Gasteiger partial charge in [0.15, 0.2) is 0 Å². The van der Waals surface area contributed by atoms with E-state index < -0.39 is 10.0 Å². The van der Waals surface area contributed by atoms with E-state index in [1.165, 1.54) is 21.1 Å². The predicted molar refractivity (Wildman–Crippen MR) is 137 cm³/mol. The minimum atomic E-state index is -3.86. The van der Waals surface area contributed by atoms with Gasteiger partial charge in [-0.05, 0) is 36.8 Å². The van der Waals surface area contributed by atoms with Gasteiger partial charge in [-0.2, -0.15) is 9.40 Å². The van der Waals surface area contributed by atoms with Gasteiger partial charge in [0, 0.05) is 54.9 Å². The van der Waals surface area contributed by atoms with Crippen LogP contribution >= 0.6 is 11.6 Å². The third kappa shape index (κ3) is 4.43. The molecule has 186 valence electrons. The highest BCUT2D eigenvalue weighted by Gasteiger charge is 2.36. The highest BCUT2D eigenvalue weighted by Crippen LogP contribution is 2.28. The number of aromatic nitrogens is 3. The number of carbonyl (C=O) groups excluding carboxylic acids is 1. The molecule has 1 fully saturated rings. The van der Waals surface area contributed by atoms with E-state index in [0.717, 1.165) is 16.5 Å². The van der Waals surface area contributed by atoms with Crippen LogP contribution in [0, 0.1) is 0 Å². The maximum atomic E-state index is 13.3. The quantitative estimate of drug-likeness (QED) is 0.431. The summed E-state index contributed by atoms with van der Waals surface area (Å²) in [4.78, 5) is 29.4. The number of amides is 1. The second kappa shape index (κ2) is 9.20. The van der Waals surface area contributed by atoms with Crippen molar-refractivity contribution in [1.29, 1.82) is 0 Å². The predicted octanol–water partition coefficient (Wildman–Crippen LogP) is 3.00. The van der Waals surface area contributed by atoms with E-state index in [-0.39, 0.29) is 35.5 Å². The fourth-order valence-electron chi connectivity index (χ4n) is 4.39. The average molecular weight is 526 g/mol. The van der Waals surface area contributed by atoms with E-state index >= 15 is 0 Å². The van der Waals surface area contributed by atoms with Crippen molar-refractivity contribution in [3.63, 3.8) is 0 Å². The van der Waals surface area contributed by atoms with Crippen LogP contribution < -0.4 is 5.56 Å². The van der Waals surface area contributed by atoms with Crippen molar-refractivity contribution in [1.82, 2.24) is 24.0 Å². The molecule has 0 unspecified atom stereocenters. The SMILES string of the molecule is C[C@@H]1CN(S(=O)(=O)c2ccc3c(Cl)c[nH]c3c2)CC(=O)N1Cc1ccc(-c2ccc(=O)n(C)n2)cc1. The second-order valence-electron chi connectivity index (χ2n) is 8.89. The summed E-state index contributed by atoms with van der Waals surface area (Å²) >= 11 is 6.10. The van der Waals surface area contributed by atoms with Crippen molar-refractivity contribution >= 4 is 38.4 Å². The van der Waals surface area contributed by atoms with Gasteiger partial charge in [-0.15, -0.1) is 0 Å². The lowest BCUT2D eigenvalue weighted by Gasteiger charge is -2.39. The number of hydrogen-bond acceptors (Lipinski definition) is 5. The van der Waals surface area contributed by atoms with Gasteiger partial charge in [0.25, 0.3) is 5.56 Å². The lowest BCUT2D eigenvalue weighted by Crippen LogP contribution is -2.56. The van der Waals surface area contributed by atoms with Crippen LogP contribution in [0.1, 0.15) is 12.5 Å². The Bertz CT molecular complexity index is 1630. The number of fused-ring (bicyclic) bond motifs is 1. The molecule has 1 atom stereocenters. The van der Waals surface area contributed by atoms with Gasteiger partial charge in [-0.3, -0.25) is 9.59 Å². The van der Waals surface area contributed by atoms with Crippen LogP contribution in [0.15, 0.2) is 70.5 Å². The van der Waals surface area contributed by atoms with Gasteiger partial charge in [0.05, 0.1) is 22.2 Å². The molecule has 1 amide bonds. The molecular formula is C25H24ClN5O4S. The van der Waals surface area contributed by atoms with Crippen molar-refractivity contribution in [3.05, 3.63) is 81.7 Å². The lowest BCUT2D eigenvalue weighted by atomic mass is 10.1. The number of halogens is 1. The summed E-state index contributed by atoms with van der Waals surface area (Å²) in [6.07, 6.45) is 1.61. The Balaban J connectivity index is 1.30. The molecule has 2 aromatic carbocycles. The van der Waals surface area contributed by atoms with Crippen molar-refractivity contribution in [2.45, 2.75) is 24.4 Å². The normalized spacial score (nSPS) is 17.1. The Labute approximate surface area is 213 Å². The van der Waals surface area contributed by atoms with E-state index in [1.807, 2.05) is 31.2 Å². The minimum absolute atomic E-state index is 0.115. The molecule has 36 heavy (non-hydrogen) atoms. The molecule has 9 nitrogen and oxygen atoms in total. The summed E-state index contributed by atoms with van der Waals surface area (Å²) in [6.45, 7) is 2.17. The van der Waals surface area contributed by atoms with Crippen LogP contribution in [0.5, 0.6) is 0 Å². The van der Waals surface area contributed by atoms with E-state index in [2.05, 4.69) is 10.1 Å². The molecule has 0 aliphatic carbocycles. The van der Waals surface area contributed by atoms with Crippen LogP contribution in [0.3, 0.4) is 0 Å². The molecule has 1 aliphatic rings. The molecule has 4 aromatic rings. The average Bonchev–Trinajstić information content (AvgIpc) is 3.23. The van der Waals surface area contributed by atoms with Gasteiger partial charge in [0.2, 0.25) is 15.9 Å². The van der Waals surface area contributed by atoms with Crippen LogP contribution in [0.2, 0.25) is 5.02 Å². The Morgan fingerprint density at radius 3 is 2.53 bits per heavy atom. The fourth-order valence-corrected chi connectivity index (χ4v) is 6.10. The monoisotopic (exact) mass is 525 g/mol. The number of sulfonamides is 1. The first kappa shape index (κ1) is 24.2. The van der Waals surface area contributed by atoms with Gasteiger partial charge in [0.1, 0.15) is 0 Å². The summed E-state index contributed by atoms with van der Waals surface area (Å²) in [5, 5.41) is 5.51. The third-order valence-electron chi connectivity index (χ3n) is 6.44. The molecule has 1 aliphatic heterocycles. The van der Waals surface area contributed by atoms with E-state index in [0.29, 0.717) is 22.8 Å². The third-order valence-corrected chi connectivity index (χ3v) is 8.56. The van der Waals surface area contributed by atoms with Crippen LogP contribution in [0.4, 0.5) is 0 Å². The molecule has 1 N–H and O–H groups in total. The van der Waals surface area contributed by atoms with Crippen molar-refractivity contribution in [2.24, 2.45) is 7.05 Å². The number of aromatic amines is 1. The molecule has 1 saturated heterocycles. The van der Waals surface area contributed by atoms with Gasteiger partial charge < -0.3 is 9.88 Å². The number of carbonyl (C=O) groups is 1. The molecule has 0 radical (unpaired) electrons. The maximum Gasteiger partial charge on any atom is 0.266 e. The van der Waals surface area contributed by atoms with Gasteiger partial charge >= 0.3 is 0 Å². The van der Waals surface area contributed by atoms with E-state index in [9.17, 15) is 18.0 Å². The number of benzene rings is 2. The van der Waals surface area contributed by atoms with Crippen LogP contribution in [-0.2, 0) is 28.4 Å². The Morgan fingerprint density at radius 2 is 1.83 bits per heavy atom. The van der Waals surface area contributed by atoms with Gasteiger partial charge in [-0.25, -0.2) is 13.1 Å². The van der Waals surface area contributed by atoms with Crippen LogP contribution in [0.25, 0.3) is 22.2 Å². The smallest absolute Gasteiger partial charge is 0.266 e. The molecule has 0 bridgehead atoms. The largest absolute Gasteiger partial charge is 0.360 e. The molecular weight excluding hydrogens is 502 g/mol. The topological polar surface area (TPSA) is 108 Å². The maximum absolute atomic E-state index is 13.3. The van der Waals surface area contributed by atoms with Crippen molar-refractivity contribution < 1.29 is 13.2 Å². The Kier molecular flexibility index (Phi) is 6.19. The van der Waals surface area contributed by atoms with Crippen LogP contribution in [-0.4, -0.2) is 57.4 Å². The number of nitrogens with zero attached hydrogens (tertiary/aromatic N) is 4. The number of hydrogen-bond donors (Lipinski definition) is 1. The lowest BCUT2D eigenvalue weighted by molar-refractivity contribution is -0.137. The first-order valence-corrected chi connectivity index (χ1v) is 13.2. The fraction of sp³-hybridized carbons (Fsp3) is 0.240. The zero-order valence-electron chi connectivity index (χ0n) is 19.7. The van der Waals surface area contributed by atoms with E-state index in [4.69, 9.17) is 11.6 Å². The highest BCUT2D eigenvalue weighted by molar-refractivity contribution is 7.89. The van der Waals surface area contributed by atoms with Gasteiger partial charge in [-0.1, -0.05) is 35.9 Å². The molecule has 0 spiro atoms. The molecule has 0 saturated carbocycles. The molecule has 3 heterocycles. The number of rotatable bonds is 5. The summed E-state index contributed by atoms with van der Waals surface area (Å²) < 4.78 is 29.1. The standard InChI is InChI=1S/C25H24ClN5O4S/c1-16-13-30(36(34,35)19-7-8-20-21(26)12-27-23(20)11-19)15-25(33)31(16)14-17-3-5-18(6-4-17)22-9-10-24(32)29(2)28-22/h3-12,16,27H,13-15H2,1-2H3/t16-/m1/s1. The van der Waals surface area contributed by atoms with Crippen molar-refractivity contribution in [2.75, 3.05) is 13.1 Å². The summed E-state index contributed by atoms with van der Waals surface area (Å²) in [7, 11) is -2.26. The zero-order valence-corrected chi connectivity index (χ0v) is 21.3. The summed E-state index contributed by atoms with van der Waals surface area (Å²) in [5.41, 5.74) is 2.87. The summed E-state index contributed by atoms with van der Waals surface area (Å²) in [5.74, 6) is -0.259. The van der Waals surface area contributed by atoms with Crippen molar-refractivity contribution in [3.8, 4) is 11.3 Å². The number of aryl methyl sites for hydroxylation is 1. The molecule has 5 rings (SSSR count). The number of piperazine rings is 1. The number of H-pyrrole nitrogens is 1. The highest BCUT2D eigenvalue weighted by atomic mass is 35.5. The number of nitrogens with one attached hydrogen (secondary N) is 1. The Hall–Kier alpha value is -3.47. The first-order valence-electron chi connectivity index (χ1n) is 11.3. The minimum Gasteiger partial charge on any atom is -0.360 e. The molecule has 11 heteroatoms. The zero-order chi connectivity index (χ0) is 25.6. The summed E-state index contributed by atoms with van der Waals surface area (Å²) in [6, 6.07) is 15.1. The van der Waals surface area contributed by atoms with E-state index in [1.54, 1.807) is 36.3 Å². The Morgan fingerprint density at radius 1 is 1.08 bits per heavy atom. The first-order chi connectivity index (χ1) is 17.1. The molecule has 2 aromatic heterocycles.